The fourth-order valence-corrected chi connectivity index (χ4v) is 4.58. The van der Waals surface area contributed by atoms with E-state index in [0.717, 1.165) is 30.4 Å². The first-order valence-corrected chi connectivity index (χ1v) is 13.3. The molecule has 0 spiro atoms. The number of benzene rings is 2. The molecule has 2 aromatic rings. The molecule has 1 N–H and O–H groups in total. The van der Waals surface area contributed by atoms with Gasteiger partial charge in [0.25, 0.3) is 5.91 Å². The van der Waals surface area contributed by atoms with E-state index in [9.17, 15) is 14.7 Å². The summed E-state index contributed by atoms with van der Waals surface area (Å²) in [5, 5.41) is 9.71. The van der Waals surface area contributed by atoms with Crippen molar-refractivity contribution < 1.29 is 38.4 Å². The maximum atomic E-state index is 13.7. The zero-order valence-electron chi connectivity index (χ0n) is 22.6. The second-order valence-electron chi connectivity index (χ2n) is 9.81. The van der Waals surface area contributed by atoms with E-state index < -0.39 is 18.3 Å². The van der Waals surface area contributed by atoms with Gasteiger partial charge in [0.2, 0.25) is 0 Å². The normalized spacial score (nSPS) is 19.0. The molecule has 0 aromatic heterocycles. The van der Waals surface area contributed by atoms with Crippen molar-refractivity contribution in [3.8, 4) is 11.5 Å². The van der Waals surface area contributed by atoms with Crippen LogP contribution in [0.1, 0.15) is 30.4 Å². The molecule has 1 aliphatic carbocycles. The number of nitrogens with zero attached hydrogens (tertiary/aromatic N) is 2. The van der Waals surface area contributed by atoms with Gasteiger partial charge in [-0.15, -0.1) is 0 Å². The first-order valence-electron chi connectivity index (χ1n) is 13.3. The van der Waals surface area contributed by atoms with Gasteiger partial charge in [0.1, 0.15) is 0 Å². The molecule has 2 amide bonds. The zero-order chi connectivity index (χ0) is 27.6. The topological polar surface area (TPSA) is 107 Å². The number of rotatable bonds is 14. The van der Waals surface area contributed by atoms with Gasteiger partial charge in [0.15, 0.2) is 17.6 Å². The lowest BCUT2D eigenvalue weighted by Gasteiger charge is -2.38. The number of morpholine rings is 1. The van der Waals surface area contributed by atoms with Gasteiger partial charge >= 0.3 is 6.09 Å². The van der Waals surface area contributed by atoms with E-state index in [4.69, 9.17) is 23.7 Å². The molecule has 1 heterocycles. The van der Waals surface area contributed by atoms with Crippen molar-refractivity contribution in [1.82, 2.24) is 9.80 Å². The van der Waals surface area contributed by atoms with Gasteiger partial charge in [-0.1, -0.05) is 36.4 Å². The molecule has 0 unspecified atom stereocenters. The Morgan fingerprint density at radius 2 is 1.82 bits per heavy atom. The highest BCUT2D eigenvalue weighted by Gasteiger charge is 2.41. The molecule has 1 saturated heterocycles. The van der Waals surface area contributed by atoms with Crippen molar-refractivity contribution in [3.63, 3.8) is 0 Å². The second-order valence-corrected chi connectivity index (χ2v) is 9.81. The number of methoxy groups -OCH3 is 2. The van der Waals surface area contributed by atoms with Crippen LogP contribution in [0.15, 0.2) is 48.5 Å². The van der Waals surface area contributed by atoms with E-state index in [0.29, 0.717) is 37.9 Å². The summed E-state index contributed by atoms with van der Waals surface area (Å²) in [6.45, 7) is 2.15. The second kappa shape index (κ2) is 14.2. The molecule has 2 aliphatic rings. The van der Waals surface area contributed by atoms with E-state index in [2.05, 4.69) is 0 Å². The predicted octanol–water partition coefficient (Wildman–Crippen LogP) is 3.57. The minimum Gasteiger partial charge on any atom is -0.493 e. The van der Waals surface area contributed by atoms with Gasteiger partial charge in [-0.2, -0.15) is 0 Å². The Balaban J connectivity index is 1.41. The number of carbonyl (C=O) groups is 2. The summed E-state index contributed by atoms with van der Waals surface area (Å²) in [4.78, 5) is 28.6. The molecule has 0 bridgehead atoms. The van der Waals surface area contributed by atoms with Crippen LogP contribution < -0.4 is 9.47 Å². The lowest BCUT2D eigenvalue weighted by atomic mass is 10.1. The average Bonchev–Trinajstić information content (AvgIpc) is 3.80. The molecule has 1 saturated carbocycles. The Hall–Kier alpha value is -3.34. The van der Waals surface area contributed by atoms with Crippen LogP contribution in [-0.2, 0) is 32.2 Å². The minimum absolute atomic E-state index is 0.0109. The molecule has 2 atom stereocenters. The van der Waals surface area contributed by atoms with Crippen molar-refractivity contribution in [1.29, 1.82) is 0 Å². The van der Waals surface area contributed by atoms with Crippen LogP contribution >= 0.6 is 0 Å². The maximum absolute atomic E-state index is 13.7. The molecule has 2 aromatic carbocycles. The van der Waals surface area contributed by atoms with Crippen molar-refractivity contribution in [2.75, 3.05) is 47.1 Å². The minimum atomic E-state index is -1.08. The summed E-state index contributed by atoms with van der Waals surface area (Å²) in [5.74, 6) is 1.01. The SMILES string of the molecule is COCCCOc1cc(CN(C(=O)[C@H]2CN(C(=O)O)C[C@@H](COCc3ccccc3)O2)C2CC2)ccc1OC. The van der Waals surface area contributed by atoms with Crippen LogP contribution in [0.2, 0.25) is 0 Å². The lowest BCUT2D eigenvalue weighted by molar-refractivity contribution is -0.162. The molecular weight excluding hydrogens is 504 g/mol. The number of hydrogen-bond donors (Lipinski definition) is 1. The summed E-state index contributed by atoms with van der Waals surface area (Å²) in [7, 11) is 3.24. The molecule has 10 nitrogen and oxygen atoms in total. The molecule has 4 rings (SSSR count). The van der Waals surface area contributed by atoms with Crippen molar-refractivity contribution in [3.05, 3.63) is 59.7 Å². The van der Waals surface area contributed by atoms with Crippen LogP contribution in [-0.4, -0.2) is 92.3 Å². The number of hydrogen-bond acceptors (Lipinski definition) is 7. The molecule has 1 aliphatic heterocycles. The van der Waals surface area contributed by atoms with Gasteiger partial charge in [0.05, 0.1) is 46.1 Å². The molecule has 0 radical (unpaired) electrons. The Kier molecular flexibility index (Phi) is 10.4. The standard InChI is InChI=1S/C29H38N2O8/c1-35-13-6-14-38-26-15-22(9-12-25(26)36-2)16-31(23-10-11-23)28(32)27-18-30(29(33)34)17-24(39-27)20-37-19-21-7-4-3-5-8-21/h3-5,7-9,12,15,23-24,27H,6,10-11,13-14,16-20H2,1-2H3,(H,33,34)/t24-,27+/m0/s1. The van der Waals surface area contributed by atoms with Gasteiger partial charge in [-0.3, -0.25) is 4.79 Å². The highest BCUT2D eigenvalue weighted by Crippen LogP contribution is 2.33. The van der Waals surface area contributed by atoms with Crippen LogP contribution in [0.5, 0.6) is 11.5 Å². The Bertz CT molecular complexity index is 1080. The van der Waals surface area contributed by atoms with Gasteiger partial charge in [0, 0.05) is 32.7 Å². The molecule has 212 valence electrons. The third-order valence-corrected chi connectivity index (χ3v) is 6.73. The number of ether oxygens (including phenoxy) is 5. The first-order chi connectivity index (χ1) is 19.0. The number of carbonyl (C=O) groups excluding carboxylic acids is 1. The van der Waals surface area contributed by atoms with Crippen LogP contribution in [0.25, 0.3) is 0 Å². The van der Waals surface area contributed by atoms with Crippen LogP contribution in [0.3, 0.4) is 0 Å². The third-order valence-electron chi connectivity index (χ3n) is 6.73. The Labute approximate surface area is 229 Å². The highest BCUT2D eigenvalue weighted by molar-refractivity contribution is 5.82. The predicted molar refractivity (Wildman–Crippen MR) is 143 cm³/mol. The highest BCUT2D eigenvalue weighted by atomic mass is 16.5. The van der Waals surface area contributed by atoms with Crippen LogP contribution in [0, 0.1) is 0 Å². The monoisotopic (exact) mass is 542 g/mol. The quantitative estimate of drug-likeness (QED) is 0.361. The Morgan fingerprint density at radius 3 is 2.51 bits per heavy atom. The summed E-state index contributed by atoms with van der Waals surface area (Å²) in [5.41, 5.74) is 1.91. The van der Waals surface area contributed by atoms with Gasteiger partial charge in [-0.05, 0) is 36.1 Å². The van der Waals surface area contributed by atoms with E-state index in [1.165, 1.54) is 4.90 Å². The van der Waals surface area contributed by atoms with E-state index >= 15 is 0 Å². The summed E-state index contributed by atoms with van der Waals surface area (Å²) in [6.07, 6.45) is 0.0342. The largest absolute Gasteiger partial charge is 0.493 e. The zero-order valence-corrected chi connectivity index (χ0v) is 22.6. The average molecular weight is 543 g/mol. The van der Waals surface area contributed by atoms with Crippen molar-refractivity contribution in [2.24, 2.45) is 0 Å². The summed E-state index contributed by atoms with van der Waals surface area (Å²) < 4.78 is 28.4. The van der Waals surface area contributed by atoms with E-state index in [1.54, 1.807) is 19.1 Å². The smallest absolute Gasteiger partial charge is 0.407 e. The molecular formula is C29H38N2O8. The van der Waals surface area contributed by atoms with Gasteiger partial charge < -0.3 is 38.6 Å². The van der Waals surface area contributed by atoms with E-state index in [-0.39, 0.29) is 31.6 Å². The molecule has 10 heteroatoms. The van der Waals surface area contributed by atoms with Crippen LogP contribution in [0.4, 0.5) is 4.79 Å². The van der Waals surface area contributed by atoms with Crippen molar-refractivity contribution >= 4 is 12.0 Å². The fraction of sp³-hybridized carbons (Fsp3) is 0.517. The Morgan fingerprint density at radius 1 is 1.03 bits per heavy atom. The van der Waals surface area contributed by atoms with Crippen molar-refractivity contribution in [2.45, 2.75) is 50.7 Å². The maximum Gasteiger partial charge on any atom is 0.407 e. The summed E-state index contributed by atoms with van der Waals surface area (Å²) in [6, 6.07) is 15.4. The third kappa shape index (κ3) is 8.32. The number of amides is 2. The first kappa shape index (κ1) is 28.7. The van der Waals surface area contributed by atoms with Gasteiger partial charge in [-0.25, -0.2) is 4.79 Å². The summed E-state index contributed by atoms with van der Waals surface area (Å²) >= 11 is 0. The van der Waals surface area contributed by atoms with E-state index in [1.807, 2.05) is 48.5 Å². The number of carboxylic acid groups (broad SMARTS) is 1. The molecule has 2 fully saturated rings. The molecule has 39 heavy (non-hydrogen) atoms. The fourth-order valence-electron chi connectivity index (χ4n) is 4.58. The lowest BCUT2D eigenvalue weighted by Crippen LogP contribution is -2.56.